The highest BCUT2D eigenvalue weighted by Gasteiger charge is 2.11. The lowest BCUT2D eigenvalue weighted by Crippen LogP contribution is -2.04. The van der Waals surface area contributed by atoms with Gasteiger partial charge in [-0.05, 0) is 30.1 Å². The maximum absolute atomic E-state index is 10.9. The van der Waals surface area contributed by atoms with Crippen molar-refractivity contribution in [1.82, 2.24) is 14.3 Å². The normalized spacial score (nSPS) is 10.4. The van der Waals surface area contributed by atoms with E-state index in [9.17, 15) is 4.79 Å². The van der Waals surface area contributed by atoms with Crippen LogP contribution < -0.4 is 0 Å². The van der Waals surface area contributed by atoms with Crippen molar-refractivity contribution in [2.24, 2.45) is 0 Å². The molecule has 5 nitrogen and oxygen atoms in total. The molecule has 0 radical (unpaired) electrons. The molecule has 0 bridgehead atoms. The monoisotopic (exact) mass is 267 g/mol. The Balaban J connectivity index is 2.11. The van der Waals surface area contributed by atoms with E-state index in [1.54, 1.807) is 12.1 Å². The first-order chi connectivity index (χ1) is 8.16. The third kappa shape index (κ3) is 3.01. The fourth-order valence-electron chi connectivity index (χ4n) is 1.22. The van der Waals surface area contributed by atoms with Gasteiger partial charge < -0.3 is 5.11 Å². The number of carbonyl (C=O) groups is 1. The number of carboxylic acid groups (broad SMARTS) is 1. The molecule has 0 atom stereocenters. The van der Waals surface area contributed by atoms with Crippen LogP contribution >= 0.6 is 23.3 Å². The molecule has 2 heterocycles. The molecular weight excluding hydrogens is 258 g/mol. The molecule has 0 aliphatic rings. The second kappa shape index (κ2) is 5.24. The highest BCUT2D eigenvalue weighted by atomic mass is 32.2. The molecule has 0 saturated carbocycles. The number of rotatable bonds is 4. The Morgan fingerprint density at radius 2 is 2.41 bits per heavy atom. The Labute approximate surface area is 106 Å². The van der Waals surface area contributed by atoms with Crippen molar-refractivity contribution in [3.8, 4) is 0 Å². The van der Waals surface area contributed by atoms with Crippen LogP contribution in [0, 0.1) is 6.92 Å². The molecule has 0 aromatic carbocycles. The number of pyridine rings is 1. The fraction of sp³-hybridized carbons (Fsp3) is 0.200. The van der Waals surface area contributed by atoms with Gasteiger partial charge in [-0.2, -0.15) is 4.37 Å². The topological polar surface area (TPSA) is 76.0 Å². The number of nitrogens with zero attached hydrogens (tertiary/aromatic N) is 3. The molecule has 7 heteroatoms. The van der Waals surface area contributed by atoms with Gasteiger partial charge >= 0.3 is 5.97 Å². The van der Waals surface area contributed by atoms with Gasteiger partial charge in [-0.25, -0.2) is 14.8 Å². The first-order valence-corrected chi connectivity index (χ1v) is 6.53. The second-order valence-corrected chi connectivity index (χ2v) is 5.19. The number of thioether (sulfide) groups is 1. The van der Waals surface area contributed by atoms with E-state index in [2.05, 4.69) is 14.3 Å². The van der Waals surface area contributed by atoms with Gasteiger partial charge in [-0.1, -0.05) is 17.8 Å². The Kier molecular flexibility index (Phi) is 3.70. The van der Waals surface area contributed by atoms with E-state index in [0.717, 1.165) is 10.2 Å². The number of aromatic carboxylic acids is 1. The SMILES string of the molecule is Cc1nsc(SCc2cccnc2C(=O)O)n1. The zero-order valence-electron chi connectivity index (χ0n) is 8.95. The lowest BCUT2D eigenvalue weighted by molar-refractivity contribution is 0.0689. The van der Waals surface area contributed by atoms with E-state index in [1.165, 1.54) is 29.5 Å². The molecule has 1 N–H and O–H groups in total. The van der Waals surface area contributed by atoms with Gasteiger partial charge in [0.1, 0.15) is 5.82 Å². The van der Waals surface area contributed by atoms with Gasteiger partial charge in [-0.15, -0.1) is 0 Å². The number of aryl methyl sites for hydroxylation is 1. The quantitative estimate of drug-likeness (QED) is 0.856. The predicted octanol–water partition coefficient (Wildman–Crippen LogP) is 2.23. The molecule has 0 aliphatic heterocycles. The summed E-state index contributed by atoms with van der Waals surface area (Å²) in [5.41, 5.74) is 0.791. The maximum atomic E-state index is 10.9. The lowest BCUT2D eigenvalue weighted by Gasteiger charge is -2.02. The molecule has 0 saturated heterocycles. The second-order valence-electron chi connectivity index (χ2n) is 3.21. The summed E-state index contributed by atoms with van der Waals surface area (Å²) < 4.78 is 4.90. The molecule has 0 fully saturated rings. The fourth-order valence-corrected chi connectivity index (χ4v) is 2.86. The summed E-state index contributed by atoms with van der Waals surface area (Å²) in [4.78, 5) is 19.0. The predicted molar refractivity (Wildman–Crippen MR) is 65.4 cm³/mol. The van der Waals surface area contributed by atoms with Crippen LogP contribution in [0.3, 0.4) is 0 Å². The molecule has 2 aromatic heterocycles. The smallest absolute Gasteiger partial charge is 0.354 e. The summed E-state index contributed by atoms with van der Waals surface area (Å²) in [6.07, 6.45) is 1.48. The number of aromatic nitrogens is 3. The minimum absolute atomic E-state index is 0.0984. The van der Waals surface area contributed by atoms with E-state index in [0.29, 0.717) is 11.3 Å². The average Bonchev–Trinajstić information content (AvgIpc) is 2.73. The minimum atomic E-state index is -1.00. The van der Waals surface area contributed by atoms with Gasteiger partial charge in [-0.3, -0.25) is 0 Å². The van der Waals surface area contributed by atoms with Crippen molar-refractivity contribution in [3.05, 3.63) is 35.4 Å². The van der Waals surface area contributed by atoms with Crippen molar-refractivity contribution < 1.29 is 9.90 Å². The minimum Gasteiger partial charge on any atom is -0.477 e. The molecule has 0 aliphatic carbocycles. The van der Waals surface area contributed by atoms with Crippen molar-refractivity contribution in [3.63, 3.8) is 0 Å². The Morgan fingerprint density at radius 3 is 3.06 bits per heavy atom. The largest absolute Gasteiger partial charge is 0.477 e. The summed E-state index contributed by atoms with van der Waals surface area (Å²) in [7, 11) is 0. The summed E-state index contributed by atoms with van der Waals surface area (Å²) in [6.45, 7) is 1.83. The molecule has 2 aromatic rings. The van der Waals surface area contributed by atoms with Crippen molar-refractivity contribution >= 4 is 29.3 Å². The van der Waals surface area contributed by atoms with Gasteiger partial charge in [0.05, 0.1) is 0 Å². The van der Waals surface area contributed by atoms with Crippen LogP contribution in [0.5, 0.6) is 0 Å². The zero-order chi connectivity index (χ0) is 12.3. The van der Waals surface area contributed by atoms with Crippen LogP contribution in [-0.4, -0.2) is 25.4 Å². The summed E-state index contributed by atoms with van der Waals surface area (Å²) in [5, 5.41) is 8.97. The van der Waals surface area contributed by atoms with Crippen LogP contribution in [0.15, 0.2) is 22.7 Å². The highest BCUT2D eigenvalue weighted by molar-refractivity contribution is 8.00. The van der Waals surface area contributed by atoms with Gasteiger partial charge in [0.2, 0.25) is 0 Å². The van der Waals surface area contributed by atoms with Gasteiger partial charge in [0.25, 0.3) is 0 Å². The van der Waals surface area contributed by atoms with Crippen LogP contribution in [0.4, 0.5) is 0 Å². The van der Waals surface area contributed by atoms with Crippen LogP contribution in [-0.2, 0) is 5.75 Å². The number of carboxylic acids is 1. The summed E-state index contributed by atoms with van der Waals surface area (Å²) >= 11 is 2.78. The van der Waals surface area contributed by atoms with Crippen molar-refractivity contribution in [2.75, 3.05) is 0 Å². The molecule has 17 heavy (non-hydrogen) atoms. The molecule has 0 spiro atoms. The van der Waals surface area contributed by atoms with E-state index in [-0.39, 0.29) is 5.69 Å². The van der Waals surface area contributed by atoms with E-state index >= 15 is 0 Å². The van der Waals surface area contributed by atoms with Gasteiger partial charge in [0.15, 0.2) is 10.0 Å². The summed E-state index contributed by atoms with van der Waals surface area (Å²) in [5.74, 6) is 0.265. The Morgan fingerprint density at radius 1 is 1.59 bits per heavy atom. The number of hydrogen-bond donors (Lipinski definition) is 1. The lowest BCUT2D eigenvalue weighted by atomic mass is 10.2. The van der Waals surface area contributed by atoms with Crippen LogP contribution in [0.25, 0.3) is 0 Å². The third-order valence-corrected chi connectivity index (χ3v) is 3.93. The van der Waals surface area contributed by atoms with E-state index < -0.39 is 5.97 Å². The van der Waals surface area contributed by atoms with Crippen molar-refractivity contribution in [2.45, 2.75) is 17.0 Å². The molecule has 0 unspecified atom stereocenters. The molecule has 2 rings (SSSR count). The molecule has 0 amide bonds. The molecule has 88 valence electrons. The van der Waals surface area contributed by atoms with E-state index in [4.69, 9.17) is 5.11 Å². The Hall–Kier alpha value is -1.47. The third-order valence-electron chi connectivity index (χ3n) is 1.95. The van der Waals surface area contributed by atoms with E-state index in [1.807, 2.05) is 6.92 Å². The standard InChI is InChI=1S/C10H9N3O2S2/c1-6-12-10(17-13-6)16-5-7-3-2-4-11-8(7)9(14)15/h2-4H,5H2,1H3,(H,14,15). The highest BCUT2D eigenvalue weighted by Crippen LogP contribution is 2.25. The zero-order valence-corrected chi connectivity index (χ0v) is 10.6. The van der Waals surface area contributed by atoms with Gasteiger partial charge in [0, 0.05) is 11.9 Å². The molecular formula is C10H9N3O2S2. The van der Waals surface area contributed by atoms with Crippen LogP contribution in [0.2, 0.25) is 0 Å². The Bertz CT molecular complexity index is 542. The summed E-state index contributed by atoms with van der Waals surface area (Å²) in [6, 6.07) is 3.49. The first-order valence-electron chi connectivity index (χ1n) is 4.77. The average molecular weight is 267 g/mol. The number of hydrogen-bond acceptors (Lipinski definition) is 6. The first kappa shape index (κ1) is 12.0. The van der Waals surface area contributed by atoms with Crippen molar-refractivity contribution in [1.29, 1.82) is 0 Å². The van der Waals surface area contributed by atoms with Crippen LogP contribution in [0.1, 0.15) is 21.9 Å². The maximum Gasteiger partial charge on any atom is 0.354 e.